The number of methoxy groups -OCH3 is 1. The van der Waals surface area contributed by atoms with Crippen LogP contribution in [-0.2, 0) is 11.8 Å². The van der Waals surface area contributed by atoms with Crippen LogP contribution in [0.5, 0.6) is 5.75 Å². The Morgan fingerprint density at radius 1 is 1.13 bits per heavy atom. The molecule has 1 heterocycles. The van der Waals surface area contributed by atoms with E-state index >= 15 is 0 Å². The lowest BCUT2D eigenvalue weighted by Crippen LogP contribution is -2.51. The maximum Gasteiger partial charge on any atom is 0.417 e. The fourth-order valence-electron chi connectivity index (χ4n) is 3.72. The molecule has 0 amide bonds. The van der Waals surface area contributed by atoms with E-state index in [9.17, 15) is 27.1 Å². The summed E-state index contributed by atoms with van der Waals surface area (Å²) < 4.78 is 74.6. The topological polar surface area (TPSA) is 58.1 Å². The van der Waals surface area contributed by atoms with Gasteiger partial charge in [0.1, 0.15) is 23.2 Å². The molecule has 31 heavy (non-hydrogen) atoms. The van der Waals surface area contributed by atoms with E-state index in [1.165, 1.54) is 33.1 Å². The molecule has 0 radical (unpaired) electrons. The Labute approximate surface area is 180 Å². The van der Waals surface area contributed by atoms with Gasteiger partial charge >= 0.3 is 6.18 Å². The Kier molecular flexibility index (Phi) is 5.96. The fraction of sp³-hybridized carbons (Fsp3) is 0.381. The maximum absolute atomic E-state index is 14.0. The van der Waals surface area contributed by atoms with E-state index in [1.54, 1.807) is 0 Å². The van der Waals surface area contributed by atoms with Crippen molar-refractivity contribution in [2.75, 3.05) is 7.11 Å². The van der Waals surface area contributed by atoms with Gasteiger partial charge in [-0.15, -0.1) is 0 Å². The standard InChI is InChI=1S/C21H20ClF5N2O2/c1-19(2,12-6-11(23)4-5-17(12)31-3)10-20(30,21(25,26)27)9-18-28-15-7-13(22)14(24)8-16(15)29-18/h4-8,30H,9-10H2,1-3H3,(H,28,29). The van der Waals surface area contributed by atoms with Gasteiger partial charge < -0.3 is 14.8 Å². The predicted molar refractivity (Wildman–Crippen MR) is 106 cm³/mol. The van der Waals surface area contributed by atoms with Crippen molar-refractivity contribution in [2.24, 2.45) is 0 Å². The number of benzene rings is 2. The molecule has 0 spiro atoms. The van der Waals surface area contributed by atoms with Crippen molar-refractivity contribution in [1.29, 1.82) is 0 Å². The Balaban J connectivity index is 2.01. The third-order valence-corrected chi connectivity index (χ3v) is 5.48. The van der Waals surface area contributed by atoms with Gasteiger partial charge in [0.25, 0.3) is 0 Å². The third kappa shape index (κ3) is 4.62. The maximum atomic E-state index is 14.0. The number of rotatable bonds is 6. The number of aliphatic hydroxyl groups is 1. The summed E-state index contributed by atoms with van der Waals surface area (Å²) >= 11 is 5.70. The minimum Gasteiger partial charge on any atom is -0.496 e. The largest absolute Gasteiger partial charge is 0.496 e. The molecule has 1 unspecified atom stereocenters. The second kappa shape index (κ2) is 7.94. The minimum atomic E-state index is -5.04. The van der Waals surface area contributed by atoms with Crippen molar-refractivity contribution < 1.29 is 31.8 Å². The highest BCUT2D eigenvalue weighted by molar-refractivity contribution is 6.31. The quantitative estimate of drug-likeness (QED) is 0.461. The van der Waals surface area contributed by atoms with E-state index in [4.69, 9.17) is 16.3 Å². The summed E-state index contributed by atoms with van der Waals surface area (Å²) in [5, 5.41) is 10.5. The highest BCUT2D eigenvalue weighted by Crippen LogP contribution is 2.45. The van der Waals surface area contributed by atoms with Crippen LogP contribution in [0.25, 0.3) is 11.0 Å². The van der Waals surface area contributed by atoms with E-state index in [1.807, 2.05) is 0 Å². The SMILES string of the molecule is COc1ccc(F)cc1C(C)(C)CC(O)(Cc1nc2cc(Cl)c(F)cc2[nH]1)C(F)(F)F. The summed E-state index contributed by atoms with van der Waals surface area (Å²) in [7, 11) is 1.32. The zero-order valence-electron chi connectivity index (χ0n) is 16.9. The molecule has 0 saturated heterocycles. The van der Waals surface area contributed by atoms with Crippen LogP contribution in [0.15, 0.2) is 30.3 Å². The molecule has 0 aliphatic carbocycles. The number of imidazole rings is 1. The number of halogens is 6. The molecule has 1 aromatic heterocycles. The summed E-state index contributed by atoms with van der Waals surface area (Å²) in [5.74, 6) is -1.39. The highest BCUT2D eigenvalue weighted by Gasteiger charge is 2.56. The number of ether oxygens (including phenoxy) is 1. The normalized spacial score (nSPS) is 14.6. The van der Waals surface area contributed by atoms with Gasteiger partial charge in [-0.2, -0.15) is 13.2 Å². The molecule has 0 saturated carbocycles. The lowest BCUT2D eigenvalue weighted by atomic mass is 9.73. The van der Waals surface area contributed by atoms with Gasteiger partial charge in [-0.3, -0.25) is 0 Å². The molecular formula is C21H20ClF5N2O2. The molecule has 0 aliphatic heterocycles. The number of hydrogen-bond donors (Lipinski definition) is 2. The highest BCUT2D eigenvalue weighted by atomic mass is 35.5. The van der Waals surface area contributed by atoms with E-state index in [2.05, 4.69) is 9.97 Å². The van der Waals surface area contributed by atoms with Crippen molar-refractivity contribution in [2.45, 2.75) is 43.9 Å². The third-order valence-electron chi connectivity index (χ3n) is 5.19. The fourth-order valence-corrected chi connectivity index (χ4v) is 3.87. The summed E-state index contributed by atoms with van der Waals surface area (Å²) in [6, 6.07) is 5.73. The van der Waals surface area contributed by atoms with Crippen LogP contribution >= 0.6 is 11.6 Å². The Hall–Kier alpha value is -2.39. The first kappa shape index (κ1) is 23.3. The summed E-state index contributed by atoms with van der Waals surface area (Å²) in [4.78, 5) is 6.61. The zero-order chi connectivity index (χ0) is 23.2. The molecule has 3 aromatic rings. The smallest absolute Gasteiger partial charge is 0.417 e. The number of nitrogens with one attached hydrogen (secondary N) is 1. The second-order valence-corrected chi connectivity index (χ2v) is 8.49. The van der Waals surface area contributed by atoms with Crippen LogP contribution in [0.4, 0.5) is 22.0 Å². The number of alkyl halides is 3. The Bertz CT molecular complexity index is 1070. The van der Waals surface area contributed by atoms with Crippen LogP contribution in [0.1, 0.15) is 31.7 Å². The number of aromatic amines is 1. The van der Waals surface area contributed by atoms with E-state index < -0.39 is 41.7 Å². The molecule has 1 atom stereocenters. The monoisotopic (exact) mass is 462 g/mol. The molecule has 3 rings (SSSR count). The minimum absolute atomic E-state index is 0.146. The van der Waals surface area contributed by atoms with Crippen LogP contribution in [0, 0.1) is 11.6 Å². The summed E-state index contributed by atoms with van der Waals surface area (Å²) in [6.07, 6.45) is -6.77. The molecule has 2 aromatic carbocycles. The number of hydrogen-bond acceptors (Lipinski definition) is 3. The Morgan fingerprint density at radius 2 is 1.81 bits per heavy atom. The lowest BCUT2D eigenvalue weighted by Gasteiger charge is -2.38. The van der Waals surface area contributed by atoms with Gasteiger partial charge in [0.15, 0.2) is 5.60 Å². The van der Waals surface area contributed by atoms with Gasteiger partial charge in [-0.1, -0.05) is 25.4 Å². The first-order chi connectivity index (χ1) is 14.3. The number of H-pyrrole nitrogens is 1. The second-order valence-electron chi connectivity index (χ2n) is 8.08. The van der Waals surface area contributed by atoms with Crippen molar-refractivity contribution >= 4 is 22.6 Å². The van der Waals surface area contributed by atoms with Crippen LogP contribution < -0.4 is 4.74 Å². The average molecular weight is 463 g/mol. The van der Waals surface area contributed by atoms with Crippen molar-refractivity contribution in [3.05, 3.63) is 58.4 Å². The number of fused-ring (bicyclic) bond motifs is 1. The van der Waals surface area contributed by atoms with Crippen LogP contribution in [0.3, 0.4) is 0 Å². The molecule has 0 fully saturated rings. The molecule has 4 nitrogen and oxygen atoms in total. The Morgan fingerprint density at radius 3 is 2.42 bits per heavy atom. The van der Waals surface area contributed by atoms with E-state index in [0.29, 0.717) is 0 Å². The molecule has 168 valence electrons. The summed E-state index contributed by atoms with van der Waals surface area (Å²) in [6.45, 7) is 2.91. The van der Waals surface area contributed by atoms with E-state index in [-0.39, 0.29) is 33.2 Å². The molecule has 0 bridgehead atoms. The summed E-state index contributed by atoms with van der Waals surface area (Å²) in [5.41, 5.74) is -4.07. The van der Waals surface area contributed by atoms with Gasteiger partial charge in [0.05, 0.1) is 23.2 Å². The van der Waals surface area contributed by atoms with Crippen molar-refractivity contribution in [3.8, 4) is 5.75 Å². The average Bonchev–Trinajstić information content (AvgIpc) is 3.01. The van der Waals surface area contributed by atoms with Gasteiger partial charge in [-0.05, 0) is 36.1 Å². The van der Waals surface area contributed by atoms with Gasteiger partial charge in [-0.25, -0.2) is 13.8 Å². The first-order valence-corrected chi connectivity index (χ1v) is 9.60. The molecule has 0 aliphatic rings. The number of nitrogens with zero attached hydrogens (tertiary/aromatic N) is 1. The number of aromatic nitrogens is 2. The zero-order valence-corrected chi connectivity index (χ0v) is 17.6. The van der Waals surface area contributed by atoms with Crippen molar-refractivity contribution in [3.63, 3.8) is 0 Å². The van der Waals surface area contributed by atoms with Crippen molar-refractivity contribution in [1.82, 2.24) is 9.97 Å². The van der Waals surface area contributed by atoms with E-state index in [0.717, 1.165) is 18.2 Å². The molecule has 10 heteroatoms. The molecular weight excluding hydrogens is 443 g/mol. The van der Waals surface area contributed by atoms with Crippen LogP contribution in [0.2, 0.25) is 5.02 Å². The van der Waals surface area contributed by atoms with Gasteiger partial charge in [0.2, 0.25) is 0 Å². The lowest BCUT2D eigenvalue weighted by molar-refractivity contribution is -0.266. The van der Waals surface area contributed by atoms with Gasteiger partial charge in [0, 0.05) is 18.1 Å². The molecule has 2 N–H and O–H groups in total. The van der Waals surface area contributed by atoms with Crippen LogP contribution in [-0.4, -0.2) is 34.0 Å². The predicted octanol–water partition coefficient (Wildman–Crippen LogP) is 5.71. The first-order valence-electron chi connectivity index (χ1n) is 9.22.